The Kier molecular flexibility index (Phi) is 10.6. The highest BCUT2D eigenvalue weighted by atomic mass is 16.7. The van der Waals surface area contributed by atoms with Crippen LogP contribution < -0.4 is 9.47 Å². The zero-order valence-electron chi connectivity index (χ0n) is 20.2. The highest BCUT2D eigenvalue weighted by molar-refractivity contribution is 5.93. The highest BCUT2D eigenvalue weighted by Crippen LogP contribution is 2.33. The molecular formula is C26H28O11. The molecule has 0 aromatic heterocycles. The van der Waals surface area contributed by atoms with Gasteiger partial charge in [0, 0.05) is 19.8 Å². The van der Waals surface area contributed by atoms with Crippen LogP contribution in [0.3, 0.4) is 0 Å². The number of carboxylic acids is 3. The minimum atomic E-state index is -2.41. The molecule has 0 saturated carbocycles. The van der Waals surface area contributed by atoms with Gasteiger partial charge >= 0.3 is 35.6 Å². The van der Waals surface area contributed by atoms with E-state index in [0.717, 1.165) is 6.92 Å². The van der Waals surface area contributed by atoms with Gasteiger partial charge in [-0.15, -0.1) is 0 Å². The second-order valence-corrected chi connectivity index (χ2v) is 8.10. The molecule has 0 amide bonds. The Balaban J connectivity index is 2.46. The Morgan fingerprint density at radius 1 is 0.703 bits per heavy atom. The SMILES string of the molecule is CC(=O)OC(=O)C(CCCCCCCC(=O)O)(Oc1ccccc1C(=O)O)Oc1ccccc1C(=O)O. The molecule has 0 aliphatic carbocycles. The number of carboxylic acid groups (broad SMARTS) is 3. The molecule has 37 heavy (non-hydrogen) atoms. The van der Waals surface area contributed by atoms with E-state index in [4.69, 9.17) is 19.3 Å². The summed E-state index contributed by atoms with van der Waals surface area (Å²) >= 11 is 0. The number of carbonyl (C=O) groups is 5. The van der Waals surface area contributed by atoms with Gasteiger partial charge in [-0.2, -0.15) is 0 Å². The average molecular weight is 516 g/mol. The van der Waals surface area contributed by atoms with Crippen LogP contribution in [0.1, 0.15) is 72.6 Å². The summed E-state index contributed by atoms with van der Waals surface area (Å²) in [7, 11) is 0. The van der Waals surface area contributed by atoms with Crippen molar-refractivity contribution in [2.24, 2.45) is 0 Å². The third-order valence-corrected chi connectivity index (χ3v) is 5.23. The van der Waals surface area contributed by atoms with Gasteiger partial charge in [-0.25, -0.2) is 14.4 Å². The number of unbranched alkanes of at least 4 members (excludes halogenated alkanes) is 4. The van der Waals surface area contributed by atoms with E-state index < -0.39 is 35.6 Å². The molecule has 11 nitrogen and oxygen atoms in total. The largest absolute Gasteiger partial charge is 0.481 e. The molecule has 0 heterocycles. The lowest BCUT2D eigenvalue weighted by atomic mass is 10.0. The van der Waals surface area contributed by atoms with Crippen molar-refractivity contribution in [3.63, 3.8) is 0 Å². The van der Waals surface area contributed by atoms with Crippen LogP contribution in [-0.4, -0.2) is 51.0 Å². The zero-order valence-corrected chi connectivity index (χ0v) is 20.2. The van der Waals surface area contributed by atoms with Gasteiger partial charge in [0.15, 0.2) is 0 Å². The molecule has 0 atom stereocenters. The first-order valence-corrected chi connectivity index (χ1v) is 11.5. The van der Waals surface area contributed by atoms with Crippen molar-refractivity contribution in [2.75, 3.05) is 0 Å². The zero-order chi connectivity index (χ0) is 27.4. The number of rotatable bonds is 15. The minimum absolute atomic E-state index is 0.0268. The number of aromatic carboxylic acids is 2. The number of hydrogen-bond acceptors (Lipinski definition) is 8. The molecule has 2 rings (SSSR count). The van der Waals surface area contributed by atoms with Crippen LogP contribution in [0.4, 0.5) is 0 Å². The maximum atomic E-state index is 13.2. The topological polar surface area (TPSA) is 174 Å². The van der Waals surface area contributed by atoms with Crippen molar-refractivity contribution in [2.45, 2.75) is 57.7 Å². The number of hydrogen-bond donors (Lipinski definition) is 3. The normalized spacial score (nSPS) is 10.8. The summed E-state index contributed by atoms with van der Waals surface area (Å²) in [5, 5.41) is 27.9. The van der Waals surface area contributed by atoms with Gasteiger partial charge in [0.05, 0.1) is 0 Å². The smallest absolute Gasteiger partial charge is 0.400 e. The lowest BCUT2D eigenvalue weighted by Crippen LogP contribution is -2.52. The van der Waals surface area contributed by atoms with Crippen molar-refractivity contribution in [1.29, 1.82) is 0 Å². The van der Waals surface area contributed by atoms with E-state index in [-0.39, 0.29) is 41.9 Å². The van der Waals surface area contributed by atoms with Gasteiger partial charge < -0.3 is 29.5 Å². The van der Waals surface area contributed by atoms with Crippen molar-refractivity contribution in [3.05, 3.63) is 59.7 Å². The molecular weight excluding hydrogens is 488 g/mol. The standard InChI is InChI=1S/C26H28O11/c1-17(27)35-25(34)26(16-10-4-2-3-5-15-22(28)29,36-20-13-8-6-11-18(20)23(30)31)37-21-14-9-7-12-19(21)24(32)33/h6-9,11-14H,2-5,10,15-16H2,1H3,(H,28,29)(H,30,31)(H,32,33). The van der Waals surface area contributed by atoms with E-state index in [2.05, 4.69) is 0 Å². The molecule has 0 bridgehead atoms. The van der Waals surface area contributed by atoms with E-state index in [1.807, 2.05) is 0 Å². The second kappa shape index (κ2) is 13.6. The summed E-state index contributed by atoms with van der Waals surface area (Å²) in [6.45, 7) is 0.988. The molecule has 2 aromatic carbocycles. The van der Waals surface area contributed by atoms with Crippen molar-refractivity contribution < 1.29 is 53.5 Å². The molecule has 11 heteroatoms. The van der Waals surface area contributed by atoms with E-state index in [0.29, 0.717) is 25.7 Å². The van der Waals surface area contributed by atoms with Crippen molar-refractivity contribution >= 4 is 29.8 Å². The number of esters is 2. The third kappa shape index (κ3) is 8.64. The lowest BCUT2D eigenvalue weighted by molar-refractivity contribution is -0.196. The molecule has 198 valence electrons. The molecule has 3 N–H and O–H groups in total. The average Bonchev–Trinajstić information content (AvgIpc) is 2.83. The predicted molar refractivity (Wildman–Crippen MR) is 128 cm³/mol. The number of aliphatic carboxylic acids is 1. The van der Waals surface area contributed by atoms with Crippen LogP contribution >= 0.6 is 0 Å². The molecule has 0 aliphatic heterocycles. The monoisotopic (exact) mass is 516 g/mol. The van der Waals surface area contributed by atoms with Crippen LogP contribution in [0.2, 0.25) is 0 Å². The summed E-state index contributed by atoms with van der Waals surface area (Å²) in [6, 6.07) is 10.9. The first-order valence-electron chi connectivity index (χ1n) is 11.5. The number of ether oxygens (including phenoxy) is 3. The fourth-order valence-corrected chi connectivity index (χ4v) is 3.50. The Morgan fingerprint density at radius 3 is 1.62 bits per heavy atom. The Bertz CT molecular complexity index is 1080. The summed E-state index contributed by atoms with van der Waals surface area (Å²) in [5.74, 6) is -8.80. The van der Waals surface area contributed by atoms with E-state index in [9.17, 15) is 34.2 Å². The first kappa shape index (κ1) is 28.8. The van der Waals surface area contributed by atoms with Crippen molar-refractivity contribution in [3.8, 4) is 11.5 Å². The number of carbonyl (C=O) groups excluding carboxylic acids is 2. The van der Waals surface area contributed by atoms with Gasteiger partial charge in [-0.3, -0.25) is 9.59 Å². The molecule has 0 aliphatic rings. The van der Waals surface area contributed by atoms with Crippen LogP contribution in [0, 0.1) is 0 Å². The number of benzene rings is 2. The molecule has 0 radical (unpaired) electrons. The van der Waals surface area contributed by atoms with Crippen LogP contribution in [-0.2, 0) is 19.1 Å². The third-order valence-electron chi connectivity index (χ3n) is 5.23. The fraction of sp³-hybridized carbons (Fsp3) is 0.346. The quantitative estimate of drug-likeness (QED) is 0.134. The Morgan fingerprint density at radius 2 is 1.16 bits per heavy atom. The second-order valence-electron chi connectivity index (χ2n) is 8.10. The van der Waals surface area contributed by atoms with Gasteiger partial charge in [0.25, 0.3) is 0 Å². The molecule has 0 unspecified atom stereocenters. The Hall–Kier alpha value is -4.41. The fourth-order valence-electron chi connectivity index (χ4n) is 3.50. The van der Waals surface area contributed by atoms with Crippen LogP contribution in [0.25, 0.3) is 0 Å². The molecule has 0 saturated heterocycles. The van der Waals surface area contributed by atoms with Crippen LogP contribution in [0.15, 0.2) is 48.5 Å². The maximum absolute atomic E-state index is 13.2. The summed E-state index contributed by atoms with van der Waals surface area (Å²) in [4.78, 5) is 59.1. The van der Waals surface area contributed by atoms with Gasteiger partial charge in [0.1, 0.15) is 22.6 Å². The lowest BCUT2D eigenvalue weighted by Gasteiger charge is -2.33. The minimum Gasteiger partial charge on any atom is -0.481 e. The summed E-state index contributed by atoms with van der Waals surface area (Å²) in [5.41, 5.74) is -0.599. The van der Waals surface area contributed by atoms with E-state index in [1.165, 1.54) is 48.5 Å². The first-order chi connectivity index (χ1) is 17.6. The van der Waals surface area contributed by atoms with Gasteiger partial charge in [-0.1, -0.05) is 43.5 Å². The van der Waals surface area contributed by atoms with Crippen LogP contribution in [0.5, 0.6) is 11.5 Å². The Labute approximate surface area is 212 Å². The summed E-state index contributed by atoms with van der Waals surface area (Å²) < 4.78 is 16.5. The number of para-hydroxylation sites is 2. The van der Waals surface area contributed by atoms with Gasteiger partial charge in [0.2, 0.25) is 0 Å². The molecule has 0 spiro atoms. The van der Waals surface area contributed by atoms with E-state index in [1.54, 1.807) is 0 Å². The van der Waals surface area contributed by atoms with E-state index >= 15 is 0 Å². The predicted octanol–water partition coefficient (Wildman–Crippen LogP) is 4.14. The molecule has 0 fully saturated rings. The highest BCUT2D eigenvalue weighted by Gasteiger charge is 2.47. The van der Waals surface area contributed by atoms with Crippen molar-refractivity contribution in [1.82, 2.24) is 0 Å². The van der Waals surface area contributed by atoms with Gasteiger partial charge in [-0.05, 0) is 37.1 Å². The maximum Gasteiger partial charge on any atom is 0.400 e. The molecule has 2 aromatic rings. The summed E-state index contributed by atoms with van der Waals surface area (Å²) in [6.07, 6.45) is 2.25.